The van der Waals surface area contributed by atoms with Gasteiger partial charge in [0.05, 0.1) is 10.6 Å². The Bertz CT molecular complexity index is 928. The van der Waals surface area contributed by atoms with Crippen molar-refractivity contribution in [3.63, 3.8) is 0 Å². The second-order valence-electron chi connectivity index (χ2n) is 5.33. The highest BCUT2D eigenvalue weighted by atomic mass is 32.2. The number of hydrogen-bond donors (Lipinski definition) is 2. The molecule has 0 radical (unpaired) electrons. The molecule has 0 bridgehead atoms. The van der Waals surface area contributed by atoms with Gasteiger partial charge in [0.15, 0.2) is 6.10 Å². The Labute approximate surface area is 144 Å². The van der Waals surface area contributed by atoms with Crippen LogP contribution in [-0.4, -0.2) is 31.3 Å². The van der Waals surface area contributed by atoms with E-state index < -0.39 is 22.0 Å². The summed E-state index contributed by atoms with van der Waals surface area (Å²) in [7, 11) is -4.10. The van der Waals surface area contributed by atoms with Gasteiger partial charge in [0.2, 0.25) is 0 Å². The molecule has 1 aromatic carbocycles. The molecule has 0 aliphatic carbocycles. The zero-order valence-electron chi connectivity index (χ0n) is 13.2. The molecule has 2 heterocycles. The topological polar surface area (TPSA) is 114 Å². The number of rotatable bonds is 4. The minimum absolute atomic E-state index is 0.160. The largest absolute Gasteiger partial charge is 0.478 e. The first-order valence-electron chi connectivity index (χ1n) is 7.49. The van der Waals surface area contributed by atoms with Crippen molar-refractivity contribution in [1.82, 2.24) is 9.71 Å². The normalized spacial score (nSPS) is 16.4. The lowest BCUT2D eigenvalue weighted by Gasteiger charge is -2.25. The Balaban J connectivity index is 1.85. The van der Waals surface area contributed by atoms with Crippen LogP contribution in [0.1, 0.15) is 23.7 Å². The van der Waals surface area contributed by atoms with Crippen molar-refractivity contribution in [2.24, 2.45) is 0 Å². The van der Waals surface area contributed by atoms with Gasteiger partial charge in [0, 0.05) is 18.0 Å². The smallest absolute Gasteiger partial charge is 0.265 e. The number of ether oxygens (including phenoxy) is 1. The lowest BCUT2D eigenvalue weighted by molar-refractivity contribution is -0.123. The zero-order chi connectivity index (χ0) is 18.0. The summed E-state index contributed by atoms with van der Waals surface area (Å²) in [6, 6.07) is 6.81. The number of fused-ring (bicyclic) bond motifs is 1. The van der Waals surface area contributed by atoms with E-state index in [9.17, 15) is 18.0 Å². The minimum atomic E-state index is -4.10. The molecule has 9 heteroatoms. The van der Waals surface area contributed by atoms with Crippen LogP contribution in [-0.2, 0) is 14.8 Å². The minimum Gasteiger partial charge on any atom is -0.478 e. The average Bonchev–Trinajstić information content (AvgIpc) is 2.61. The number of sulfonamides is 1. The van der Waals surface area contributed by atoms with Gasteiger partial charge < -0.3 is 10.1 Å². The molecular weight excluding hydrogens is 346 g/mol. The molecular formula is C16H15N3O5S. The number of carbonyl (C=O) groups is 2. The van der Waals surface area contributed by atoms with Crippen LogP contribution in [0.25, 0.3) is 0 Å². The van der Waals surface area contributed by atoms with Crippen molar-refractivity contribution in [2.45, 2.75) is 24.3 Å². The Morgan fingerprint density at radius 2 is 2.00 bits per heavy atom. The Morgan fingerprint density at radius 1 is 1.28 bits per heavy atom. The summed E-state index contributed by atoms with van der Waals surface area (Å²) < 4.78 is 32.3. The number of hydrogen-bond acceptors (Lipinski definition) is 6. The first-order valence-corrected chi connectivity index (χ1v) is 8.98. The molecule has 0 fully saturated rings. The molecule has 0 spiro atoms. The first kappa shape index (κ1) is 16.9. The highest BCUT2D eigenvalue weighted by molar-refractivity contribution is 7.90. The molecule has 0 unspecified atom stereocenters. The van der Waals surface area contributed by atoms with Gasteiger partial charge in [0.1, 0.15) is 5.75 Å². The van der Waals surface area contributed by atoms with Crippen LogP contribution in [0.2, 0.25) is 0 Å². The number of aromatic nitrogens is 1. The van der Waals surface area contributed by atoms with E-state index in [0.717, 1.165) is 0 Å². The van der Waals surface area contributed by atoms with Gasteiger partial charge in [-0.2, -0.15) is 0 Å². The fourth-order valence-electron chi connectivity index (χ4n) is 2.31. The maximum Gasteiger partial charge on any atom is 0.265 e. The maximum absolute atomic E-state index is 12.4. The van der Waals surface area contributed by atoms with Crippen LogP contribution < -0.4 is 14.8 Å². The molecule has 0 saturated carbocycles. The van der Waals surface area contributed by atoms with E-state index in [-0.39, 0.29) is 22.1 Å². The van der Waals surface area contributed by atoms with Crippen LogP contribution in [0.15, 0.2) is 47.6 Å². The molecule has 1 atom stereocenters. The summed E-state index contributed by atoms with van der Waals surface area (Å²) >= 11 is 0. The van der Waals surface area contributed by atoms with Crippen molar-refractivity contribution in [3.8, 4) is 5.75 Å². The van der Waals surface area contributed by atoms with Gasteiger partial charge in [-0.1, -0.05) is 6.92 Å². The Morgan fingerprint density at radius 3 is 2.68 bits per heavy atom. The van der Waals surface area contributed by atoms with Gasteiger partial charge in [-0.05, 0) is 36.8 Å². The predicted octanol–water partition coefficient (Wildman–Crippen LogP) is 1.31. The lowest BCUT2D eigenvalue weighted by Crippen LogP contribution is -2.36. The summed E-state index contributed by atoms with van der Waals surface area (Å²) in [5, 5.41) is 2.61. The van der Waals surface area contributed by atoms with Gasteiger partial charge in [-0.15, -0.1) is 0 Å². The maximum atomic E-state index is 12.4. The van der Waals surface area contributed by atoms with Crippen molar-refractivity contribution in [3.05, 3.63) is 48.3 Å². The molecule has 2 N–H and O–H groups in total. The summed E-state index contributed by atoms with van der Waals surface area (Å²) in [5.74, 6) is -0.734. The van der Waals surface area contributed by atoms with E-state index >= 15 is 0 Å². The fraction of sp³-hybridized carbons (Fsp3) is 0.188. The van der Waals surface area contributed by atoms with Crippen molar-refractivity contribution in [1.29, 1.82) is 0 Å². The summed E-state index contributed by atoms with van der Waals surface area (Å²) in [6.45, 7) is 1.81. The highest BCUT2D eigenvalue weighted by Crippen LogP contribution is 2.32. The first-order chi connectivity index (χ1) is 11.9. The van der Waals surface area contributed by atoms with Crippen LogP contribution in [0.5, 0.6) is 5.75 Å². The average molecular weight is 361 g/mol. The summed E-state index contributed by atoms with van der Waals surface area (Å²) in [6.07, 6.45) is 2.66. The number of amides is 2. The van der Waals surface area contributed by atoms with Gasteiger partial charge in [0.25, 0.3) is 21.8 Å². The molecule has 2 aromatic rings. The van der Waals surface area contributed by atoms with E-state index in [1.165, 1.54) is 42.7 Å². The monoisotopic (exact) mass is 361 g/mol. The Hall–Kier alpha value is -2.94. The fourth-order valence-corrected chi connectivity index (χ4v) is 3.31. The molecule has 1 aliphatic heterocycles. The molecule has 8 nitrogen and oxygen atoms in total. The number of carbonyl (C=O) groups excluding carboxylic acids is 2. The molecule has 130 valence electrons. The molecule has 25 heavy (non-hydrogen) atoms. The second kappa shape index (κ2) is 6.52. The lowest BCUT2D eigenvalue weighted by atomic mass is 10.2. The second-order valence-corrected chi connectivity index (χ2v) is 7.01. The molecule has 1 aliphatic rings. The SMILES string of the molecule is CC[C@H]1Oc2ccc(S(=O)(=O)NC(=O)c3ccncc3)cc2NC1=O. The number of nitrogens with one attached hydrogen (secondary N) is 2. The molecule has 1 aromatic heterocycles. The summed E-state index contributed by atoms with van der Waals surface area (Å²) in [5.41, 5.74) is 0.410. The zero-order valence-corrected chi connectivity index (χ0v) is 14.0. The third kappa shape index (κ3) is 3.45. The standard InChI is InChI=1S/C16H15N3O5S/c1-2-13-16(21)18-12-9-11(3-4-14(12)24-13)25(22,23)19-15(20)10-5-7-17-8-6-10/h3-9,13H,2H2,1H3,(H,18,21)(H,19,20)/t13-/m1/s1. The van der Waals surface area contributed by atoms with Crippen molar-refractivity contribution in [2.75, 3.05) is 5.32 Å². The van der Waals surface area contributed by atoms with Crippen LogP contribution in [0.3, 0.4) is 0 Å². The highest BCUT2D eigenvalue weighted by Gasteiger charge is 2.28. The van der Waals surface area contributed by atoms with Gasteiger partial charge >= 0.3 is 0 Å². The number of anilines is 1. The van der Waals surface area contributed by atoms with Crippen molar-refractivity contribution >= 4 is 27.5 Å². The molecule has 2 amide bonds. The van der Waals surface area contributed by atoms with Gasteiger partial charge in [-0.25, -0.2) is 13.1 Å². The molecule has 3 rings (SSSR count). The predicted molar refractivity (Wildman–Crippen MR) is 88.7 cm³/mol. The summed E-state index contributed by atoms with van der Waals surface area (Å²) in [4.78, 5) is 27.5. The number of pyridine rings is 1. The number of nitrogens with zero attached hydrogens (tertiary/aromatic N) is 1. The third-order valence-corrected chi connectivity index (χ3v) is 4.95. The number of benzene rings is 1. The van der Waals surface area contributed by atoms with E-state index in [4.69, 9.17) is 4.74 Å². The third-order valence-electron chi connectivity index (χ3n) is 3.62. The van der Waals surface area contributed by atoms with Crippen LogP contribution in [0, 0.1) is 0 Å². The quantitative estimate of drug-likeness (QED) is 0.849. The molecule has 0 saturated heterocycles. The Kier molecular flexibility index (Phi) is 4.41. The van der Waals surface area contributed by atoms with Crippen molar-refractivity contribution < 1.29 is 22.7 Å². The van der Waals surface area contributed by atoms with Crippen LogP contribution in [0.4, 0.5) is 5.69 Å². The van der Waals surface area contributed by atoms with Crippen LogP contribution >= 0.6 is 0 Å². The van der Waals surface area contributed by atoms with E-state index in [1.54, 1.807) is 0 Å². The van der Waals surface area contributed by atoms with E-state index in [1.807, 2.05) is 11.6 Å². The van der Waals surface area contributed by atoms with Gasteiger partial charge in [-0.3, -0.25) is 14.6 Å². The van der Waals surface area contributed by atoms with E-state index in [2.05, 4.69) is 10.3 Å². The van der Waals surface area contributed by atoms with E-state index in [0.29, 0.717) is 12.2 Å².